The highest BCUT2D eigenvalue weighted by atomic mass is 79.9. The van der Waals surface area contributed by atoms with E-state index in [-0.39, 0.29) is 5.91 Å². The largest absolute Gasteiger partial charge is 0.341 e. The van der Waals surface area contributed by atoms with Crippen molar-refractivity contribution in [1.82, 2.24) is 4.90 Å². The van der Waals surface area contributed by atoms with Gasteiger partial charge in [0.15, 0.2) is 0 Å². The number of amides is 1. The molecule has 0 spiro atoms. The van der Waals surface area contributed by atoms with E-state index in [1.54, 1.807) is 16.2 Å². The molecular formula is C12H19BrN2OS. The number of hydrogen-bond acceptors (Lipinski definition) is 3. The zero-order chi connectivity index (χ0) is 12.8. The average molecular weight is 319 g/mol. The summed E-state index contributed by atoms with van der Waals surface area (Å²) in [7, 11) is 1.84. The van der Waals surface area contributed by atoms with Crippen LogP contribution in [0.1, 0.15) is 25.3 Å². The van der Waals surface area contributed by atoms with Gasteiger partial charge < -0.3 is 10.6 Å². The molecular weight excluding hydrogens is 300 g/mol. The summed E-state index contributed by atoms with van der Waals surface area (Å²) < 4.78 is 1.10. The number of rotatable bonds is 6. The van der Waals surface area contributed by atoms with Gasteiger partial charge in [0.05, 0.1) is 3.79 Å². The quantitative estimate of drug-likeness (QED) is 0.876. The Morgan fingerprint density at radius 3 is 2.82 bits per heavy atom. The molecule has 1 unspecified atom stereocenters. The second-order valence-electron chi connectivity index (χ2n) is 4.22. The lowest BCUT2D eigenvalue weighted by Gasteiger charge is -2.19. The maximum atomic E-state index is 11.9. The molecule has 17 heavy (non-hydrogen) atoms. The summed E-state index contributed by atoms with van der Waals surface area (Å²) in [6.45, 7) is 3.32. The third-order valence-electron chi connectivity index (χ3n) is 2.84. The number of hydrogen-bond donors (Lipinski definition) is 1. The van der Waals surface area contributed by atoms with Gasteiger partial charge in [-0.05, 0) is 45.4 Å². The minimum Gasteiger partial charge on any atom is -0.341 e. The van der Waals surface area contributed by atoms with E-state index in [2.05, 4.69) is 34.3 Å². The van der Waals surface area contributed by atoms with Gasteiger partial charge in [-0.1, -0.05) is 13.3 Å². The van der Waals surface area contributed by atoms with Crippen LogP contribution in [0.3, 0.4) is 0 Å². The maximum Gasteiger partial charge on any atom is 0.222 e. The molecule has 1 atom stereocenters. The van der Waals surface area contributed by atoms with Crippen LogP contribution >= 0.6 is 27.3 Å². The number of halogens is 1. The minimum absolute atomic E-state index is 0.171. The van der Waals surface area contributed by atoms with Gasteiger partial charge in [-0.15, -0.1) is 11.3 Å². The van der Waals surface area contributed by atoms with Crippen molar-refractivity contribution in [2.45, 2.75) is 26.3 Å². The molecule has 2 N–H and O–H groups in total. The molecule has 0 aliphatic carbocycles. The smallest absolute Gasteiger partial charge is 0.222 e. The SMILES string of the molecule is CCC(CN)CC(=O)N(C)Cc1csc(Br)c1. The average Bonchev–Trinajstić information content (AvgIpc) is 2.71. The van der Waals surface area contributed by atoms with Gasteiger partial charge in [0.1, 0.15) is 0 Å². The Morgan fingerprint density at radius 1 is 1.65 bits per heavy atom. The molecule has 1 aromatic heterocycles. The first-order valence-corrected chi connectivity index (χ1v) is 7.41. The molecule has 96 valence electrons. The van der Waals surface area contributed by atoms with Gasteiger partial charge in [-0.25, -0.2) is 0 Å². The van der Waals surface area contributed by atoms with Crippen molar-refractivity contribution < 1.29 is 4.79 Å². The zero-order valence-electron chi connectivity index (χ0n) is 10.3. The first-order valence-electron chi connectivity index (χ1n) is 5.73. The fourth-order valence-corrected chi connectivity index (χ4v) is 2.79. The van der Waals surface area contributed by atoms with Crippen LogP contribution in [0, 0.1) is 5.92 Å². The van der Waals surface area contributed by atoms with Crippen LogP contribution in [-0.4, -0.2) is 24.4 Å². The molecule has 0 aliphatic heterocycles. The van der Waals surface area contributed by atoms with Crippen molar-refractivity contribution in [3.8, 4) is 0 Å². The van der Waals surface area contributed by atoms with Crippen molar-refractivity contribution in [3.63, 3.8) is 0 Å². The second-order valence-corrected chi connectivity index (χ2v) is 6.51. The van der Waals surface area contributed by atoms with Crippen LogP contribution < -0.4 is 5.73 Å². The van der Waals surface area contributed by atoms with E-state index in [4.69, 9.17) is 5.73 Å². The van der Waals surface area contributed by atoms with Crippen molar-refractivity contribution in [2.75, 3.05) is 13.6 Å². The molecule has 1 rings (SSSR count). The Labute approximate surface area is 115 Å². The monoisotopic (exact) mass is 318 g/mol. The van der Waals surface area contributed by atoms with E-state index in [0.717, 1.165) is 10.2 Å². The van der Waals surface area contributed by atoms with Crippen LogP contribution in [0.5, 0.6) is 0 Å². The van der Waals surface area contributed by atoms with Gasteiger partial charge in [0.2, 0.25) is 5.91 Å². The summed E-state index contributed by atoms with van der Waals surface area (Å²) in [6.07, 6.45) is 1.51. The lowest BCUT2D eigenvalue weighted by molar-refractivity contribution is -0.131. The Morgan fingerprint density at radius 2 is 2.35 bits per heavy atom. The van der Waals surface area contributed by atoms with Crippen LogP contribution in [0.2, 0.25) is 0 Å². The van der Waals surface area contributed by atoms with Crippen LogP contribution in [0.4, 0.5) is 0 Å². The lowest BCUT2D eigenvalue weighted by atomic mass is 10.0. The number of nitrogens with two attached hydrogens (primary N) is 1. The Bertz CT molecular complexity index is 363. The molecule has 5 heteroatoms. The van der Waals surface area contributed by atoms with Crippen LogP contribution in [0.25, 0.3) is 0 Å². The topological polar surface area (TPSA) is 46.3 Å². The van der Waals surface area contributed by atoms with E-state index in [1.807, 2.05) is 7.05 Å². The minimum atomic E-state index is 0.171. The molecule has 0 aromatic carbocycles. The summed E-state index contributed by atoms with van der Waals surface area (Å²) in [6, 6.07) is 2.05. The molecule has 0 fully saturated rings. The van der Waals surface area contributed by atoms with E-state index in [1.165, 1.54) is 5.56 Å². The normalized spacial score (nSPS) is 12.5. The number of nitrogens with zero attached hydrogens (tertiary/aromatic N) is 1. The highest BCUT2D eigenvalue weighted by Gasteiger charge is 2.15. The van der Waals surface area contributed by atoms with Gasteiger partial charge in [0.25, 0.3) is 0 Å². The van der Waals surface area contributed by atoms with Crippen LogP contribution in [0.15, 0.2) is 15.2 Å². The maximum absolute atomic E-state index is 11.9. The van der Waals surface area contributed by atoms with E-state index in [0.29, 0.717) is 25.4 Å². The molecule has 0 aliphatic rings. The van der Waals surface area contributed by atoms with E-state index >= 15 is 0 Å². The number of carbonyl (C=O) groups excluding carboxylic acids is 1. The first-order chi connectivity index (χ1) is 8.06. The summed E-state index contributed by atoms with van der Waals surface area (Å²) >= 11 is 5.06. The first kappa shape index (κ1) is 14.7. The highest BCUT2D eigenvalue weighted by Crippen LogP contribution is 2.21. The molecule has 1 aromatic rings. The molecule has 1 amide bonds. The van der Waals surface area contributed by atoms with E-state index < -0.39 is 0 Å². The van der Waals surface area contributed by atoms with Crippen LogP contribution in [-0.2, 0) is 11.3 Å². The Balaban J connectivity index is 2.46. The molecule has 0 saturated carbocycles. The third-order valence-corrected chi connectivity index (χ3v) is 4.39. The summed E-state index contributed by atoms with van der Waals surface area (Å²) in [5.74, 6) is 0.476. The molecule has 0 bridgehead atoms. The molecule has 0 saturated heterocycles. The predicted molar refractivity (Wildman–Crippen MR) is 75.9 cm³/mol. The third kappa shape index (κ3) is 4.77. The lowest BCUT2D eigenvalue weighted by Crippen LogP contribution is -2.29. The number of thiophene rings is 1. The zero-order valence-corrected chi connectivity index (χ0v) is 12.7. The summed E-state index contributed by atoms with van der Waals surface area (Å²) in [4.78, 5) is 13.7. The van der Waals surface area contributed by atoms with Gasteiger partial charge in [-0.2, -0.15) is 0 Å². The predicted octanol–water partition coefficient (Wildman–Crippen LogP) is 2.84. The standard InChI is InChI=1S/C12H19BrN2OS/c1-3-9(6-14)5-12(16)15(2)7-10-4-11(13)17-8-10/h4,8-9H,3,5-7,14H2,1-2H3. The summed E-state index contributed by atoms with van der Waals surface area (Å²) in [5.41, 5.74) is 6.78. The van der Waals surface area contributed by atoms with Crippen molar-refractivity contribution in [2.24, 2.45) is 11.7 Å². The van der Waals surface area contributed by atoms with Crippen molar-refractivity contribution in [1.29, 1.82) is 0 Å². The van der Waals surface area contributed by atoms with Gasteiger partial charge in [-0.3, -0.25) is 4.79 Å². The molecule has 0 radical (unpaired) electrons. The Hall–Kier alpha value is -0.390. The second kappa shape index (κ2) is 7.13. The fourth-order valence-electron chi connectivity index (χ4n) is 1.59. The van der Waals surface area contributed by atoms with E-state index in [9.17, 15) is 4.79 Å². The Kier molecular flexibility index (Phi) is 6.16. The highest BCUT2D eigenvalue weighted by molar-refractivity contribution is 9.11. The fraction of sp³-hybridized carbons (Fsp3) is 0.583. The van der Waals surface area contributed by atoms with Gasteiger partial charge >= 0.3 is 0 Å². The number of carbonyl (C=O) groups is 1. The van der Waals surface area contributed by atoms with Crippen molar-refractivity contribution >= 4 is 33.2 Å². The molecule has 3 nitrogen and oxygen atoms in total. The van der Waals surface area contributed by atoms with Crippen molar-refractivity contribution in [3.05, 3.63) is 20.8 Å². The summed E-state index contributed by atoms with van der Waals surface area (Å²) in [5, 5.41) is 2.06. The molecule has 1 heterocycles. The van der Waals surface area contributed by atoms with Gasteiger partial charge in [0, 0.05) is 20.0 Å².